The fourth-order valence-electron chi connectivity index (χ4n) is 1.84. The molecule has 0 unspecified atom stereocenters. The number of carbonyl (C=O) groups is 1. The van der Waals surface area contributed by atoms with Gasteiger partial charge in [0.1, 0.15) is 0 Å². The first-order valence-electron chi connectivity index (χ1n) is 5.64. The van der Waals surface area contributed by atoms with Gasteiger partial charge in [-0.25, -0.2) is 0 Å². The summed E-state index contributed by atoms with van der Waals surface area (Å²) in [7, 11) is 0. The lowest BCUT2D eigenvalue weighted by atomic mass is 10.1. The molecule has 1 N–H and O–H groups in total. The number of benzene rings is 1. The largest absolute Gasteiger partial charge is 0.395 e. The molecule has 2 aromatic rings. The summed E-state index contributed by atoms with van der Waals surface area (Å²) in [4.78, 5) is 13.9. The number of amides is 1. The highest BCUT2D eigenvalue weighted by atomic mass is 32.1. The molecule has 1 aromatic carbocycles. The van der Waals surface area contributed by atoms with Crippen LogP contribution in [0.3, 0.4) is 0 Å². The molecule has 0 bridgehead atoms. The third kappa shape index (κ3) is 2.33. The topological polar surface area (TPSA) is 40.5 Å². The van der Waals surface area contributed by atoms with E-state index in [2.05, 4.69) is 0 Å². The zero-order chi connectivity index (χ0) is 12.3. The molecule has 0 aliphatic heterocycles. The summed E-state index contributed by atoms with van der Waals surface area (Å²) in [5.41, 5.74) is 0.737. The summed E-state index contributed by atoms with van der Waals surface area (Å²) >= 11 is 1.58. The maximum absolute atomic E-state index is 12.3. The van der Waals surface area contributed by atoms with Crippen molar-refractivity contribution in [2.24, 2.45) is 0 Å². The molecule has 0 aliphatic carbocycles. The molecule has 1 aromatic heterocycles. The van der Waals surface area contributed by atoms with Gasteiger partial charge in [-0.2, -0.15) is 0 Å². The van der Waals surface area contributed by atoms with Gasteiger partial charge in [0.2, 0.25) is 0 Å². The standard InChI is InChI=1S/C13H15NO2S/c1-2-14(7-8-15)13(16)11-9-17-12-6-4-3-5-10(11)12/h3-6,9,15H,2,7-8H2,1H3. The molecule has 0 saturated carbocycles. The molecule has 90 valence electrons. The highest BCUT2D eigenvalue weighted by Gasteiger charge is 2.17. The average Bonchev–Trinajstić information content (AvgIpc) is 2.79. The Labute approximate surface area is 104 Å². The van der Waals surface area contributed by atoms with Crippen LogP contribution in [-0.2, 0) is 0 Å². The van der Waals surface area contributed by atoms with Gasteiger partial charge in [0, 0.05) is 28.6 Å². The lowest BCUT2D eigenvalue weighted by Crippen LogP contribution is -2.33. The summed E-state index contributed by atoms with van der Waals surface area (Å²) in [5, 5.41) is 11.8. The minimum Gasteiger partial charge on any atom is -0.395 e. The van der Waals surface area contributed by atoms with Crippen molar-refractivity contribution in [2.45, 2.75) is 6.92 Å². The van der Waals surface area contributed by atoms with E-state index in [0.29, 0.717) is 13.1 Å². The van der Waals surface area contributed by atoms with Crippen LogP contribution < -0.4 is 0 Å². The van der Waals surface area contributed by atoms with Gasteiger partial charge in [0.05, 0.1) is 12.2 Å². The van der Waals surface area contributed by atoms with Crippen LogP contribution >= 0.6 is 11.3 Å². The van der Waals surface area contributed by atoms with Crippen molar-refractivity contribution < 1.29 is 9.90 Å². The second-order valence-electron chi connectivity index (χ2n) is 3.75. The fraction of sp³-hybridized carbons (Fsp3) is 0.308. The summed E-state index contributed by atoms with van der Waals surface area (Å²) in [5.74, 6) is -0.000926. The number of hydrogen-bond donors (Lipinski definition) is 1. The highest BCUT2D eigenvalue weighted by molar-refractivity contribution is 7.17. The minimum absolute atomic E-state index is 0.000926. The third-order valence-corrected chi connectivity index (χ3v) is 3.71. The van der Waals surface area contributed by atoms with E-state index >= 15 is 0 Å². The zero-order valence-corrected chi connectivity index (χ0v) is 10.5. The molecule has 17 heavy (non-hydrogen) atoms. The summed E-state index contributed by atoms with van der Waals surface area (Å²) in [6.45, 7) is 2.92. The SMILES string of the molecule is CCN(CCO)C(=O)c1csc2ccccc12. The van der Waals surface area contributed by atoms with E-state index in [1.54, 1.807) is 16.2 Å². The van der Waals surface area contributed by atoms with Crippen LogP contribution in [0.5, 0.6) is 0 Å². The van der Waals surface area contributed by atoms with Gasteiger partial charge < -0.3 is 10.0 Å². The van der Waals surface area contributed by atoms with Gasteiger partial charge >= 0.3 is 0 Å². The van der Waals surface area contributed by atoms with Crippen molar-refractivity contribution >= 4 is 27.3 Å². The molecule has 3 nitrogen and oxygen atoms in total. The number of rotatable bonds is 4. The summed E-state index contributed by atoms with van der Waals surface area (Å²) in [6, 6.07) is 7.89. The molecule has 0 atom stereocenters. The van der Waals surface area contributed by atoms with Crippen molar-refractivity contribution in [3.8, 4) is 0 Å². The molecule has 0 aliphatic rings. The molecule has 0 spiro atoms. The van der Waals surface area contributed by atoms with E-state index in [1.165, 1.54) is 0 Å². The molecular formula is C13H15NO2S. The molecule has 1 amide bonds. The number of nitrogens with zero attached hydrogens (tertiary/aromatic N) is 1. The normalized spacial score (nSPS) is 10.7. The van der Waals surface area contributed by atoms with Gasteiger partial charge in [-0.15, -0.1) is 11.3 Å². The number of likely N-dealkylation sites (N-methyl/N-ethyl adjacent to an activating group) is 1. The van der Waals surface area contributed by atoms with E-state index in [4.69, 9.17) is 5.11 Å². The zero-order valence-electron chi connectivity index (χ0n) is 9.72. The van der Waals surface area contributed by atoms with Crippen molar-refractivity contribution in [2.75, 3.05) is 19.7 Å². The van der Waals surface area contributed by atoms with Crippen LogP contribution in [0, 0.1) is 0 Å². The van der Waals surface area contributed by atoms with Crippen LogP contribution in [0.4, 0.5) is 0 Å². The van der Waals surface area contributed by atoms with Crippen molar-refractivity contribution in [3.05, 3.63) is 35.2 Å². The Balaban J connectivity index is 2.36. The van der Waals surface area contributed by atoms with Gasteiger partial charge in [0.15, 0.2) is 0 Å². The van der Waals surface area contributed by atoms with E-state index in [9.17, 15) is 4.79 Å². The molecule has 2 rings (SSSR count). The second kappa shape index (κ2) is 5.29. The Kier molecular flexibility index (Phi) is 3.76. The van der Waals surface area contributed by atoms with Gasteiger partial charge in [0.25, 0.3) is 5.91 Å². The van der Waals surface area contributed by atoms with E-state index in [-0.39, 0.29) is 12.5 Å². The van der Waals surface area contributed by atoms with Crippen LogP contribution in [0.15, 0.2) is 29.6 Å². The molecule has 0 saturated heterocycles. The molecular weight excluding hydrogens is 234 g/mol. The Hall–Kier alpha value is -1.39. The van der Waals surface area contributed by atoms with Crippen LogP contribution in [0.25, 0.3) is 10.1 Å². The maximum Gasteiger partial charge on any atom is 0.255 e. The Morgan fingerprint density at radius 3 is 2.88 bits per heavy atom. The molecule has 1 heterocycles. The number of thiophene rings is 1. The van der Waals surface area contributed by atoms with E-state index in [1.807, 2.05) is 36.6 Å². The Bertz CT molecular complexity index is 521. The van der Waals surface area contributed by atoms with Crippen molar-refractivity contribution in [1.29, 1.82) is 0 Å². The predicted molar refractivity (Wildman–Crippen MR) is 70.5 cm³/mol. The third-order valence-electron chi connectivity index (χ3n) is 2.75. The van der Waals surface area contributed by atoms with E-state index < -0.39 is 0 Å². The fourth-order valence-corrected chi connectivity index (χ4v) is 2.77. The first-order chi connectivity index (χ1) is 8.27. The van der Waals surface area contributed by atoms with E-state index in [0.717, 1.165) is 15.6 Å². The van der Waals surface area contributed by atoms with Crippen LogP contribution in [-0.4, -0.2) is 35.6 Å². The Morgan fingerprint density at radius 2 is 2.18 bits per heavy atom. The number of aliphatic hydroxyl groups is 1. The first kappa shape index (κ1) is 12.1. The van der Waals surface area contributed by atoms with Crippen molar-refractivity contribution in [1.82, 2.24) is 4.90 Å². The number of hydrogen-bond acceptors (Lipinski definition) is 3. The van der Waals surface area contributed by atoms with Gasteiger partial charge in [-0.1, -0.05) is 18.2 Å². The van der Waals surface area contributed by atoms with Crippen molar-refractivity contribution in [3.63, 3.8) is 0 Å². The summed E-state index contributed by atoms with van der Waals surface area (Å²) in [6.07, 6.45) is 0. The second-order valence-corrected chi connectivity index (χ2v) is 4.67. The number of aliphatic hydroxyl groups excluding tert-OH is 1. The first-order valence-corrected chi connectivity index (χ1v) is 6.52. The average molecular weight is 249 g/mol. The maximum atomic E-state index is 12.3. The smallest absolute Gasteiger partial charge is 0.255 e. The Morgan fingerprint density at radius 1 is 1.41 bits per heavy atom. The molecule has 0 fully saturated rings. The monoisotopic (exact) mass is 249 g/mol. The quantitative estimate of drug-likeness (QED) is 0.903. The molecule has 4 heteroatoms. The van der Waals surface area contributed by atoms with Gasteiger partial charge in [-0.3, -0.25) is 4.79 Å². The lowest BCUT2D eigenvalue weighted by Gasteiger charge is -2.19. The summed E-state index contributed by atoms with van der Waals surface area (Å²) < 4.78 is 1.12. The molecule has 0 radical (unpaired) electrons. The number of fused-ring (bicyclic) bond motifs is 1. The minimum atomic E-state index is -0.000926. The highest BCUT2D eigenvalue weighted by Crippen LogP contribution is 2.26. The lowest BCUT2D eigenvalue weighted by molar-refractivity contribution is 0.0734. The predicted octanol–water partition coefficient (Wildman–Crippen LogP) is 2.36. The van der Waals surface area contributed by atoms with Crippen LogP contribution in [0.1, 0.15) is 17.3 Å². The van der Waals surface area contributed by atoms with Crippen LogP contribution in [0.2, 0.25) is 0 Å². The van der Waals surface area contributed by atoms with Gasteiger partial charge in [-0.05, 0) is 13.0 Å². The number of carbonyl (C=O) groups excluding carboxylic acids is 1.